The molecule has 124 valence electrons. The van der Waals surface area contributed by atoms with Gasteiger partial charge in [0.1, 0.15) is 5.60 Å². The fourth-order valence-corrected chi connectivity index (χ4v) is 2.73. The maximum absolute atomic E-state index is 13.3. The molecule has 0 radical (unpaired) electrons. The summed E-state index contributed by atoms with van der Waals surface area (Å²) in [6.07, 6.45) is 3.89. The lowest BCUT2D eigenvalue weighted by molar-refractivity contribution is -0.00891. The van der Waals surface area contributed by atoms with E-state index in [-0.39, 0.29) is 12.8 Å². The molecular weight excluding hydrogens is 288 g/mol. The lowest BCUT2D eigenvalue weighted by Gasteiger charge is -2.36. The lowest BCUT2D eigenvalue weighted by Crippen LogP contribution is -2.41. The van der Waals surface area contributed by atoms with Gasteiger partial charge in [-0.3, -0.25) is 4.90 Å². The summed E-state index contributed by atoms with van der Waals surface area (Å²) >= 11 is 0. The van der Waals surface area contributed by atoms with Gasteiger partial charge in [0, 0.05) is 25.1 Å². The first kappa shape index (κ1) is 17.0. The number of carbonyl (C=O) groups is 1. The van der Waals surface area contributed by atoms with Crippen LogP contribution in [0.1, 0.15) is 53.4 Å². The van der Waals surface area contributed by atoms with E-state index in [0.29, 0.717) is 18.9 Å². The Balaban J connectivity index is 2.20. The molecule has 0 aromatic rings. The summed E-state index contributed by atoms with van der Waals surface area (Å²) in [5, 5.41) is 0. The predicted octanol–water partition coefficient (Wildman–Crippen LogP) is 4.89. The molecule has 22 heavy (non-hydrogen) atoms. The van der Waals surface area contributed by atoms with Crippen molar-refractivity contribution < 1.29 is 18.3 Å². The molecule has 1 heterocycles. The van der Waals surface area contributed by atoms with Crippen molar-refractivity contribution in [3.63, 3.8) is 0 Å². The summed E-state index contributed by atoms with van der Waals surface area (Å²) in [6.45, 7) is 8.09. The van der Waals surface area contributed by atoms with Crippen molar-refractivity contribution in [2.24, 2.45) is 5.92 Å². The largest absolute Gasteiger partial charge is 0.443 e. The summed E-state index contributed by atoms with van der Waals surface area (Å²) < 4.78 is 32.1. The van der Waals surface area contributed by atoms with Gasteiger partial charge in [-0.15, -0.1) is 0 Å². The third-order valence-electron chi connectivity index (χ3n) is 3.85. The Morgan fingerprint density at radius 3 is 2.59 bits per heavy atom. The zero-order valence-electron chi connectivity index (χ0n) is 13.8. The molecule has 0 bridgehead atoms. The number of ether oxygens (including phenoxy) is 1. The van der Waals surface area contributed by atoms with Gasteiger partial charge < -0.3 is 4.74 Å². The van der Waals surface area contributed by atoms with Gasteiger partial charge in [0.15, 0.2) is 0 Å². The topological polar surface area (TPSA) is 29.5 Å². The summed E-state index contributed by atoms with van der Waals surface area (Å²) in [7, 11) is 0. The van der Waals surface area contributed by atoms with Crippen LogP contribution in [0.15, 0.2) is 23.4 Å². The third-order valence-corrected chi connectivity index (χ3v) is 3.85. The molecule has 0 N–H and O–H groups in total. The minimum absolute atomic E-state index is 0.159. The fraction of sp³-hybridized carbons (Fsp3) is 0.706. The molecule has 5 heteroatoms. The molecule has 1 amide bonds. The van der Waals surface area contributed by atoms with Crippen molar-refractivity contribution in [1.82, 2.24) is 4.90 Å². The summed E-state index contributed by atoms with van der Waals surface area (Å²) in [6, 6.07) is 0. The number of hydrogen-bond acceptors (Lipinski definition) is 2. The van der Waals surface area contributed by atoms with Crippen LogP contribution in [0.4, 0.5) is 13.6 Å². The Labute approximate surface area is 131 Å². The van der Waals surface area contributed by atoms with E-state index < -0.39 is 17.6 Å². The first-order valence-electron chi connectivity index (χ1n) is 7.85. The molecule has 0 saturated carbocycles. The van der Waals surface area contributed by atoms with Crippen LogP contribution < -0.4 is 0 Å². The van der Waals surface area contributed by atoms with Crippen LogP contribution in [0.2, 0.25) is 0 Å². The number of carbonyl (C=O) groups excluding carboxylic acids is 1. The van der Waals surface area contributed by atoms with Crippen molar-refractivity contribution in [2.75, 3.05) is 6.54 Å². The van der Waals surface area contributed by atoms with Gasteiger partial charge >= 0.3 is 6.09 Å². The number of allylic oxidation sites excluding steroid dienone is 3. The zero-order chi connectivity index (χ0) is 16.5. The van der Waals surface area contributed by atoms with Crippen LogP contribution in [-0.2, 0) is 4.74 Å². The second-order valence-electron chi connectivity index (χ2n) is 7.31. The van der Waals surface area contributed by atoms with Gasteiger partial charge in [0.2, 0.25) is 0 Å². The fourth-order valence-electron chi connectivity index (χ4n) is 2.73. The van der Waals surface area contributed by atoms with E-state index in [1.165, 1.54) is 0 Å². The highest BCUT2D eigenvalue weighted by molar-refractivity contribution is 5.72. The van der Waals surface area contributed by atoms with Crippen LogP contribution >= 0.6 is 0 Å². The number of amides is 1. The van der Waals surface area contributed by atoms with Crippen LogP contribution in [0, 0.1) is 5.92 Å². The standard InChI is InChI=1S/C17H25F2NO2/c1-12-5-6-14(13-7-9-17(18,19)10-8-13)20(11-12)15(21)22-16(2,3)4/h6-7,12H,5,8-11H2,1-4H3/t12-/m0/s1. The molecule has 0 spiro atoms. The Morgan fingerprint density at radius 1 is 1.36 bits per heavy atom. The minimum atomic E-state index is -2.62. The van der Waals surface area contributed by atoms with Gasteiger partial charge in [0.25, 0.3) is 5.92 Å². The Hall–Kier alpha value is -1.39. The Morgan fingerprint density at radius 2 is 2.05 bits per heavy atom. The van der Waals surface area contributed by atoms with Crippen molar-refractivity contribution in [2.45, 2.75) is 64.9 Å². The van der Waals surface area contributed by atoms with E-state index in [2.05, 4.69) is 6.92 Å². The van der Waals surface area contributed by atoms with Crippen LogP contribution in [0.5, 0.6) is 0 Å². The molecular formula is C17H25F2NO2. The monoisotopic (exact) mass is 313 g/mol. The van der Waals surface area contributed by atoms with E-state index in [4.69, 9.17) is 4.74 Å². The lowest BCUT2D eigenvalue weighted by atomic mass is 9.90. The third kappa shape index (κ3) is 4.31. The van der Waals surface area contributed by atoms with Crippen molar-refractivity contribution in [3.05, 3.63) is 23.4 Å². The van der Waals surface area contributed by atoms with E-state index in [9.17, 15) is 13.6 Å². The first-order chi connectivity index (χ1) is 10.1. The summed E-state index contributed by atoms with van der Waals surface area (Å²) in [5.41, 5.74) is 1.02. The van der Waals surface area contributed by atoms with E-state index in [0.717, 1.165) is 17.7 Å². The molecule has 1 aliphatic carbocycles. The Kier molecular flexibility index (Phi) is 4.64. The van der Waals surface area contributed by atoms with Gasteiger partial charge in [-0.25, -0.2) is 13.6 Å². The quantitative estimate of drug-likeness (QED) is 0.689. The smallest absolute Gasteiger partial charge is 0.414 e. The second-order valence-corrected chi connectivity index (χ2v) is 7.31. The van der Waals surface area contributed by atoms with Gasteiger partial charge in [-0.05, 0) is 45.1 Å². The average Bonchev–Trinajstić information content (AvgIpc) is 2.37. The van der Waals surface area contributed by atoms with Crippen molar-refractivity contribution in [3.8, 4) is 0 Å². The predicted molar refractivity (Wildman–Crippen MR) is 81.7 cm³/mol. The highest BCUT2D eigenvalue weighted by Gasteiger charge is 2.35. The SMILES string of the molecule is C[C@H]1CC=C(C2=CCC(F)(F)CC2)N(C(=O)OC(C)(C)C)C1. The van der Waals surface area contributed by atoms with Crippen molar-refractivity contribution >= 4 is 6.09 Å². The van der Waals surface area contributed by atoms with Crippen LogP contribution in [0.25, 0.3) is 0 Å². The van der Waals surface area contributed by atoms with E-state index in [1.807, 2.05) is 26.8 Å². The van der Waals surface area contributed by atoms with Gasteiger partial charge in [-0.2, -0.15) is 0 Å². The molecule has 1 aliphatic heterocycles. The number of rotatable bonds is 1. The second kappa shape index (κ2) is 6.01. The molecule has 1 atom stereocenters. The van der Waals surface area contributed by atoms with Crippen LogP contribution in [-0.4, -0.2) is 29.1 Å². The highest BCUT2D eigenvalue weighted by atomic mass is 19.3. The maximum Gasteiger partial charge on any atom is 0.414 e. The first-order valence-corrected chi connectivity index (χ1v) is 7.85. The number of hydrogen-bond donors (Lipinski definition) is 0. The van der Waals surface area contributed by atoms with Crippen LogP contribution in [0.3, 0.4) is 0 Å². The number of nitrogens with zero attached hydrogens (tertiary/aromatic N) is 1. The molecule has 0 aromatic heterocycles. The van der Waals surface area contributed by atoms with Crippen molar-refractivity contribution in [1.29, 1.82) is 0 Å². The highest BCUT2D eigenvalue weighted by Crippen LogP contribution is 2.37. The summed E-state index contributed by atoms with van der Waals surface area (Å²) in [5.74, 6) is -2.29. The normalized spacial score (nSPS) is 25.4. The minimum Gasteiger partial charge on any atom is -0.443 e. The zero-order valence-corrected chi connectivity index (χ0v) is 13.8. The molecule has 0 fully saturated rings. The molecule has 0 unspecified atom stereocenters. The Bertz CT molecular complexity index is 503. The maximum atomic E-state index is 13.3. The molecule has 2 aliphatic rings. The molecule has 3 nitrogen and oxygen atoms in total. The number of halogens is 2. The summed E-state index contributed by atoms with van der Waals surface area (Å²) in [4.78, 5) is 14.0. The molecule has 2 rings (SSSR count). The van der Waals surface area contributed by atoms with Gasteiger partial charge in [-0.1, -0.05) is 19.1 Å². The molecule has 0 aromatic carbocycles. The average molecular weight is 313 g/mol. The molecule has 0 saturated heterocycles. The van der Waals surface area contributed by atoms with Gasteiger partial charge in [0.05, 0.1) is 0 Å². The van der Waals surface area contributed by atoms with E-state index in [1.54, 1.807) is 11.0 Å². The number of alkyl halides is 2. The van der Waals surface area contributed by atoms with E-state index >= 15 is 0 Å².